The number of nitrogens with two attached hydrogens (primary N) is 1. The summed E-state index contributed by atoms with van der Waals surface area (Å²) in [4.78, 5) is 0. The third-order valence-corrected chi connectivity index (χ3v) is 5.42. The lowest BCUT2D eigenvalue weighted by molar-refractivity contribution is 0.0834. The van der Waals surface area contributed by atoms with Gasteiger partial charge < -0.3 is 10.8 Å². The molecule has 2 aromatic rings. The molecule has 21 heavy (non-hydrogen) atoms. The molecule has 2 nitrogen and oxygen atoms in total. The Morgan fingerprint density at radius 1 is 1.29 bits per heavy atom. The van der Waals surface area contributed by atoms with Gasteiger partial charge in [0.25, 0.3) is 0 Å². The van der Waals surface area contributed by atoms with E-state index < -0.39 is 6.10 Å². The van der Waals surface area contributed by atoms with E-state index in [-0.39, 0.29) is 5.41 Å². The fourth-order valence-corrected chi connectivity index (χ4v) is 4.19. The first-order valence-corrected chi connectivity index (χ1v) is 8.10. The topological polar surface area (TPSA) is 46.2 Å². The minimum absolute atomic E-state index is 0.381. The molecular formula is C18H20BrNO. The van der Waals surface area contributed by atoms with E-state index in [1.54, 1.807) is 0 Å². The van der Waals surface area contributed by atoms with Crippen LogP contribution in [-0.2, 0) is 11.8 Å². The Labute approximate surface area is 134 Å². The highest BCUT2D eigenvalue weighted by molar-refractivity contribution is 9.10. The van der Waals surface area contributed by atoms with Crippen LogP contribution < -0.4 is 5.73 Å². The molecular weight excluding hydrogens is 326 g/mol. The second-order valence-corrected chi connectivity index (χ2v) is 6.80. The molecule has 0 radical (unpaired) electrons. The number of aliphatic hydroxyl groups is 1. The van der Waals surface area contributed by atoms with Gasteiger partial charge in [-0.2, -0.15) is 0 Å². The van der Waals surface area contributed by atoms with E-state index in [0.717, 1.165) is 22.9 Å². The number of hydrogen-bond donors (Lipinski definition) is 2. The van der Waals surface area contributed by atoms with Crippen LogP contribution in [0.15, 0.2) is 46.9 Å². The molecule has 2 atom stereocenters. The highest BCUT2D eigenvalue weighted by atomic mass is 79.9. The molecule has 0 aliphatic heterocycles. The van der Waals surface area contributed by atoms with Crippen LogP contribution in [-0.4, -0.2) is 11.7 Å². The quantitative estimate of drug-likeness (QED) is 0.892. The van der Waals surface area contributed by atoms with Gasteiger partial charge >= 0.3 is 0 Å². The van der Waals surface area contributed by atoms with Gasteiger partial charge in [-0.3, -0.25) is 0 Å². The monoisotopic (exact) mass is 345 g/mol. The average molecular weight is 346 g/mol. The predicted molar refractivity (Wildman–Crippen MR) is 89.3 cm³/mol. The number of fused-ring (bicyclic) bond motifs is 1. The van der Waals surface area contributed by atoms with Crippen molar-refractivity contribution in [2.24, 2.45) is 5.73 Å². The molecule has 3 N–H and O–H groups in total. The van der Waals surface area contributed by atoms with Crippen molar-refractivity contribution >= 4 is 15.9 Å². The lowest BCUT2D eigenvalue weighted by Gasteiger charge is -2.35. The van der Waals surface area contributed by atoms with Crippen molar-refractivity contribution in [2.45, 2.75) is 31.3 Å². The zero-order chi connectivity index (χ0) is 15.0. The number of benzene rings is 2. The standard InChI is InChI=1S/C18H20BrNO/c1-12-6-7-14(16(19)10-12)17(21)18(11-20)9-8-13-4-2-3-5-15(13)18/h2-7,10,17,21H,8-9,11,20H2,1H3. The third kappa shape index (κ3) is 2.33. The van der Waals surface area contributed by atoms with Gasteiger partial charge in [0.05, 0.1) is 6.10 Å². The molecule has 110 valence electrons. The van der Waals surface area contributed by atoms with Gasteiger partial charge in [0.15, 0.2) is 0 Å². The van der Waals surface area contributed by atoms with Crippen LogP contribution >= 0.6 is 15.9 Å². The van der Waals surface area contributed by atoms with Crippen molar-refractivity contribution in [1.82, 2.24) is 0 Å². The summed E-state index contributed by atoms with van der Waals surface area (Å²) in [6, 6.07) is 14.4. The highest BCUT2D eigenvalue weighted by Gasteiger charge is 2.44. The van der Waals surface area contributed by atoms with Gasteiger partial charge in [-0.15, -0.1) is 0 Å². The maximum atomic E-state index is 11.1. The second kappa shape index (κ2) is 5.56. The smallest absolute Gasteiger partial charge is 0.0909 e. The molecule has 0 saturated heterocycles. The molecule has 3 heteroatoms. The Kier molecular flexibility index (Phi) is 3.91. The Hall–Kier alpha value is -1.16. The molecule has 1 aliphatic rings. The summed E-state index contributed by atoms with van der Waals surface area (Å²) in [5.74, 6) is 0. The molecule has 1 aliphatic carbocycles. The van der Waals surface area contributed by atoms with Gasteiger partial charge in [0.1, 0.15) is 0 Å². The minimum Gasteiger partial charge on any atom is -0.387 e. The third-order valence-electron chi connectivity index (χ3n) is 4.73. The van der Waals surface area contributed by atoms with Crippen LogP contribution in [0.2, 0.25) is 0 Å². The predicted octanol–water partition coefficient (Wildman–Crippen LogP) is 3.63. The molecule has 0 fully saturated rings. The second-order valence-electron chi connectivity index (χ2n) is 5.94. The van der Waals surface area contributed by atoms with Crippen LogP contribution in [0.1, 0.15) is 34.8 Å². The summed E-state index contributed by atoms with van der Waals surface area (Å²) in [5, 5.41) is 11.1. The summed E-state index contributed by atoms with van der Waals surface area (Å²) in [5.41, 5.74) is 10.3. The van der Waals surface area contributed by atoms with Crippen LogP contribution in [0.4, 0.5) is 0 Å². The normalized spacial score (nSPS) is 22.1. The molecule has 0 heterocycles. The van der Waals surface area contributed by atoms with E-state index in [9.17, 15) is 5.11 Å². The maximum Gasteiger partial charge on any atom is 0.0909 e. The number of rotatable bonds is 3. The van der Waals surface area contributed by atoms with Gasteiger partial charge in [-0.05, 0) is 48.1 Å². The largest absolute Gasteiger partial charge is 0.387 e. The summed E-state index contributed by atoms with van der Waals surface area (Å²) < 4.78 is 0.951. The maximum absolute atomic E-state index is 11.1. The zero-order valence-corrected chi connectivity index (χ0v) is 13.7. The van der Waals surface area contributed by atoms with E-state index in [1.165, 1.54) is 16.7 Å². The molecule has 0 bridgehead atoms. The van der Waals surface area contributed by atoms with Crippen molar-refractivity contribution in [3.05, 3.63) is 69.2 Å². The molecule has 2 aromatic carbocycles. The Balaban J connectivity index is 2.09. The first kappa shape index (κ1) is 14.8. The number of halogens is 1. The number of hydrogen-bond acceptors (Lipinski definition) is 2. The Morgan fingerprint density at radius 2 is 2.05 bits per heavy atom. The number of aliphatic hydroxyl groups excluding tert-OH is 1. The zero-order valence-electron chi connectivity index (χ0n) is 12.1. The molecule has 2 unspecified atom stereocenters. The van der Waals surface area contributed by atoms with E-state index in [0.29, 0.717) is 6.54 Å². The minimum atomic E-state index is -0.596. The summed E-state index contributed by atoms with van der Waals surface area (Å²) in [7, 11) is 0. The fraction of sp³-hybridized carbons (Fsp3) is 0.333. The van der Waals surface area contributed by atoms with Crippen molar-refractivity contribution in [2.75, 3.05) is 6.54 Å². The van der Waals surface area contributed by atoms with Crippen molar-refractivity contribution in [1.29, 1.82) is 0 Å². The molecule has 0 amide bonds. The van der Waals surface area contributed by atoms with Gasteiger partial charge in [-0.1, -0.05) is 52.3 Å². The van der Waals surface area contributed by atoms with E-state index in [4.69, 9.17) is 5.73 Å². The van der Waals surface area contributed by atoms with Crippen molar-refractivity contribution in [3.63, 3.8) is 0 Å². The lowest BCUT2D eigenvalue weighted by atomic mass is 9.74. The number of aryl methyl sites for hydroxylation is 2. The first-order chi connectivity index (χ1) is 10.1. The van der Waals surface area contributed by atoms with Crippen LogP contribution in [0.5, 0.6) is 0 Å². The van der Waals surface area contributed by atoms with Gasteiger partial charge in [0, 0.05) is 16.4 Å². The average Bonchev–Trinajstić information content (AvgIpc) is 2.87. The first-order valence-electron chi connectivity index (χ1n) is 7.31. The van der Waals surface area contributed by atoms with Crippen molar-refractivity contribution in [3.8, 4) is 0 Å². The summed E-state index contributed by atoms with van der Waals surface area (Å²) in [6.45, 7) is 2.50. The van der Waals surface area contributed by atoms with Gasteiger partial charge in [0.2, 0.25) is 0 Å². The SMILES string of the molecule is Cc1ccc(C(O)C2(CN)CCc3ccccc32)c(Br)c1. The van der Waals surface area contributed by atoms with E-state index in [2.05, 4.69) is 34.1 Å². The molecule has 3 rings (SSSR count). The summed E-state index contributed by atoms with van der Waals surface area (Å²) >= 11 is 3.59. The lowest BCUT2D eigenvalue weighted by Crippen LogP contribution is -2.39. The van der Waals surface area contributed by atoms with Crippen LogP contribution in [0.3, 0.4) is 0 Å². The molecule has 0 saturated carbocycles. The van der Waals surface area contributed by atoms with Crippen LogP contribution in [0.25, 0.3) is 0 Å². The Morgan fingerprint density at radius 3 is 2.76 bits per heavy atom. The Bertz CT molecular complexity index is 670. The van der Waals surface area contributed by atoms with Crippen molar-refractivity contribution < 1.29 is 5.11 Å². The van der Waals surface area contributed by atoms with Crippen LogP contribution in [0, 0.1) is 6.92 Å². The summed E-state index contributed by atoms with van der Waals surface area (Å²) in [6.07, 6.45) is 1.28. The van der Waals surface area contributed by atoms with Gasteiger partial charge in [-0.25, -0.2) is 0 Å². The molecule has 0 aromatic heterocycles. The van der Waals surface area contributed by atoms with E-state index in [1.807, 2.05) is 31.2 Å². The highest BCUT2D eigenvalue weighted by Crippen LogP contribution is 2.47. The van der Waals surface area contributed by atoms with E-state index >= 15 is 0 Å². The fourth-order valence-electron chi connectivity index (χ4n) is 3.48. The molecule has 0 spiro atoms.